The Labute approximate surface area is 178 Å². The van der Waals surface area contributed by atoms with Crippen LogP contribution in [0.2, 0.25) is 10.2 Å². The molecule has 0 spiro atoms. The average molecular weight is 450 g/mol. The first-order chi connectivity index (χ1) is 13.9. The fraction of sp³-hybridized carbons (Fsp3) is 0.0526. The molecule has 0 bridgehead atoms. The van der Waals surface area contributed by atoms with Crippen LogP contribution in [-0.4, -0.2) is 27.8 Å². The van der Waals surface area contributed by atoms with Crippen molar-refractivity contribution in [3.63, 3.8) is 0 Å². The minimum Gasteiger partial charge on any atom is -0.478 e. The number of hydrogen-bond acceptors (Lipinski definition) is 5. The number of carbonyl (C=O) groups is 2. The first-order valence-electron chi connectivity index (χ1n) is 8.16. The summed E-state index contributed by atoms with van der Waals surface area (Å²) >= 11 is 13.1. The molecule has 0 unspecified atom stereocenters. The second kappa shape index (κ2) is 9.04. The molecular weight excluding hydrogens is 437 g/mol. The van der Waals surface area contributed by atoms with E-state index in [0.29, 0.717) is 10.4 Å². The summed E-state index contributed by atoms with van der Waals surface area (Å²) < 4.78 is 1.30. The first-order valence-corrected chi connectivity index (χ1v) is 9.73. The molecule has 1 amide bonds. The van der Waals surface area contributed by atoms with Gasteiger partial charge in [0.2, 0.25) is 0 Å². The Morgan fingerprint density at radius 3 is 2.66 bits per heavy atom. The third-order valence-electron chi connectivity index (χ3n) is 3.84. The predicted octanol–water partition coefficient (Wildman–Crippen LogP) is 3.73. The molecule has 2 aromatic carbocycles. The highest BCUT2D eigenvalue weighted by molar-refractivity contribution is 7.11. The van der Waals surface area contributed by atoms with E-state index in [1.807, 2.05) is 0 Å². The van der Waals surface area contributed by atoms with Crippen molar-refractivity contribution in [3.05, 3.63) is 89.9 Å². The van der Waals surface area contributed by atoms with Crippen LogP contribution in [0, 0.1) is 0 Å². The second-order valence-corrected chi connectivity index (χ2v) is 7.55. The Morgan fingerprint density at radius 2 is 1.93 bits per heavy atom. The summed E-state index contributed by atoms with van der Waals surface area (Å²) in [5.74, 6) is -1.56. The molecule has 1 aromatic heterocycles. The van der Waals surface area contributed by atoms with Crippen molar-refractivity contribution in [3.8, 4) is 0 Å². The maximum atomic E-state index is 12.3. The minimum atomic E-state index is -1.06. The summed E-state index contributed by atoms with van der Waals surface area (Å²) in [6, 6.07) is 12.7. The summed E-state index contributed by atoms with van der Waals surface area (Å²) in [7, 11) is 0. The SMILES string of the molecule is O=C(O)c1cccc(Cn2c(Cl)c(C=NNC(=O)c3ccccc3Cl)sc2=O)c1. The molecule has 0 saturated heterocycles. The number of nitrogens with zero attached hydrogens (tertiary/aromatic N) is 2. The lowest BCUT2D eigenvalue weighted by Gasteiger charge is -2.05. The van der Waals surface area contributed by atoms with E-state index in [1.165, 1.54) is 22.9 Å². The van der Waals surface area contributed by atoms with Gasteiger partial charge in [-0.25, -0.2) is 10.2 Å². The number of rotatable bonds is 6. The number of amides is 1. The topological polar surface area (TPSA) is 101 Å². The van der Waals surface area contributed by atoms with Crippen LogP contribution in [0.4, 0.5) is 0 Å². The molecule has 2 N–H and O–H groups in total. The van der Waals surface area contributed by atoms with Crippen LogP contribution in [0.15, 0.2) is 58.4 Å². The monoisotopic (exact) mass is 449 g/mol. The summed E-state index contributed by atoms with van der Waals surface area (Å²) in [6.07, 6.45) is 1.27. The van der Waals surface area contributed by atoms with Gasteiger partial charge in [-0.15, -0.1) is 0 Å². The summed E-state index contributed by atoms with van der Waals surface area (Å²) in [4.78, 5) is 35.5. The lowest BCUT2D eigenvalue weighted by molar-refractivity contribution is 0.0696. The molecule has 1 heterocycles. The summed E-state index contributed by atoms with van der Waals surface area (Å²) in [6.45, 7) is 0.106. The van der Waals surface area contributed by atoms with Gasteiger partial charge in [0.1, 0.15) is 5.15 Å². The third-order valence-corrected chi connectivity index (χ3v) is 5.60. The normalized spacial score (nSPS) is 11.0. The van der Waals surface area contributed by atoms with Crippen LogP contribution in [0.5, 0.6) is 0 Å². The smallest absolute Gasteiger partial charge is 0.335 e. The van der Waals surface area contributed by atoms with E-state index in [9.17, 15) is 14.4 Å². The maximum Gasteiger partial charge on any atom is 0.335 e. The lowest BCUT2D eigenvalue weighted by atomic mass is 10.1. The summed E-state index contributed by atoms with van der Waals surface area (Å²) in [5.41, 5.74) is 3.33. The number of carbonyl (C=O) groups excluding carboxylic acids is 1. The molecule has 0 atom stereocenters. The van der Waals surface area contributed by atoms with E-state index in [-0.39, 0.29) is 32.7 Å². The van der Waals surface area contributed by atoms with Gasteiger partial charge in [-0.3, -0.25) is 14.2 Å². The number of halogens is 2. The van der Waals surface area contributed by atoms with E-state index in [1.54, 1.807) is 36.4 Å². The largest absolute Gasteiger partial charge is 0.478 e. The van der Waals surface area contributed by atoms with E-state index >= 15 is 0 Å². The van der Waals surface area contributed by atoms with Crippen LogP contribution in [0.25, 0.3) is 0 Å². The van der Waals surface area contributed by atoms with Gasteiger partial charge >= 0.3 is 10.8 Å². The number of thiazole rings is 1. The number of benzene rings is 2. The van der Waals surface area contributed by atoms with Gasteiger partial charge in [-0.05, 0) is 29.8 Å². The van der Waals surface area contributed by atoms with Crippen molar-refractivity contribution in [2.75, 3.05) is 0 Å². The molecule has 0 saturated carbocycles. The number of nitrogens with one attached hydrogen (secondary N) is 1. The van der Waals surface area contributed by atoms with Crippen LogP contribution in [0.1, 0.15) is 31.2 Å². The zero-order chi connectivity index (χ0) is 21.0. The van der Waals surface area contributed by atoms with E-state index in [0.717, 1.165) is 11.3 Å². The Balaban J connectivity index is 1.76. The van der Waals surface area contributed by atoms with Crippen molar-refractivity contribution in [2.45, 2.75) is 6.54 Å². The van der Waals surface area contributed by atoms with Gasteiger partial charge in [0, 0.05) is 0 Å². The molecule has 0 aliphatic carbocycles. The Kier molecular flexibility index (Phi) is 6.48. The van der Waals surface area contributed by atoms with Crippen molar-refractivity contribution in [1.82, 2.24) is 9.99 Å². The molecule has 148 valence electrons. The van der Waals surface area contributed by atoms with Crippen LogP contribution < -0.4 is 10.3 Å². The van der Waals surface area contributed by atoms with Gasteiger partial charge in [0.25, 0.3) is 5.91 Å². The van der Waals surface area contributed by atoms with Gasteiger partial charge < -0.3 is 5.11 Å². The predicted molar refractivity (Wildman–Crippen MR) is 113 cm³/mol. The molecule has 0 radical (unpaired) electrons. The zero-order valence-electron chi connectivity index (χ0n) is 14.6. The van der Waals surface area contributed by atoms with Crippen LogP contribution in [0.3, 0.4) is 0 Å². The summed E-state index contributed by atoms with van der Waals surface area (Å²) in [5, 5.41) is 13.3. The van der Waals surface area contributed by atoms with E-state index in [2.05, 4.69) is 10.5 Å². The fourth-order valence-electron chi connectivity index (χ4n) is 2.46. The third kappa shape index (κ3) is 4.92. The van der Waals surface area contributed by atoms with Crippen LogP contribution >= 0.6 is 34.5 Å². The number of carboxylic acids is 1. The molecular formula is C19H13Cl2N3O4S. The van der Waals surface area contributed by atoms with Crippen molar-refractivity contribution in [2.24, 2.45) is 5.10 Å². The average Bonchev–Trinajstić information content (AvgIpc) is 2.96. The molecule has 3 rings (SSSR count). The van der Waals surface area contributed by atoms with Crippen molar-refractivity contribution < 1.29 is 14.7 Å². The number of aromatic carboxylic acids is 1. The van der Waals surface area contributed by atoms with E-state index < -0.39 is 11.9 Å². The Morgan fingerprint density at radius 1 is 1.17 bits per heavy atom. The van der Waals surface area contributed by atoms with Crippen LogP contribution in [-0.2, 0) is 6.54 Å². The number of carboxylic acid groups (broad SMARTS) is 1. The number of hydrogen-bond donors (Lipinski definition) is 2. The standard InChI is InChI=1S/C19H13Cl2N3O4S/c20-14-7-2-1-6-13(14)17(25)23-22-9-15-16(21)24(19(28)29-15)10-11-4-3-5-12(8-11)18(26)27/h1-9H,10H2,(H,23,25)(H,26,27). The Bertz CT molecular complexity index is 1170. The van der Waals surface area contributed by atoms with Gasteiger partial charge in [0.15, 0.2) is 0 Å². The minimum absolute atomic E-state index is 0.106. The number of aromatic nitrogens is 1. The molecule has 7 nitrogen and oxygen atoms in total. The van der Waals surface area contributed by atoms with Gasteiger partial charge in [0.05, 0.1) is 33.8 Å². The molecule has 0 aliphatic heterocycles. The highest BCUT2D eigenvalue weighted by atomic mass is 35.5. The zero-order valence-corrected chi connectivity index (χ0v) is 17.0. The van der Waals surface area contributed by atoms with Crippen molar-refractivity contribution >= 4 is 52.6 Å². The first kappa shape index (κ1) is 20.8. The molecule has 0 fully saturated rings. The maximum absolute atomic E-state index is 12.3. The number of hydrazone groups is 1. The van der Waals surface area contributed by atoms with Crippen molar-refractivity contribution in [1.29, 1.82) is 0 Å². The molecule has 10 heteroatoms. The Hall–Kier alpha value is -2.94. The highest BCUT2D eigenvalue weighted by Crippen LogP contribution is 2.19. The quantitative estimate of drug-likeness (QED) is 0.442. The molecule has 29 heavy (non-hydrogen) atoms. The fourth-order valence-corrected chi connectivity index (χ4v) is 3.79. The van der Waals surface area contributed by atoms with E-state index in [4.69, 9.17) is 28.3 Å². The highest BCUT2D eigenvalue weighted by Gasteiger charge is 2.13. The second-order valence-electron chi connectivity index (χ2n) is 5.79. The van der Waals surface area contributed by atoms with Gasteiger partial charge in [-0.1, -0.05) is 58.8 Å². The molecule has 3 aromatic rings. The molecule has 0 aliphatic rings. The lowest BCUT2D eigenvalue weighted by Crippen LogP contribution is -2.17. The van der Waals surface area contributed by atoms with Gasteiger partial charge in [-0.2, -0.15) is 5.10 Å².